The van der Waals surface area contributed by atoms with Gasteiger partial charge >= 0.3 is 0 Å². The van der Waals surface area contributed by atoms with E-state index in [2.05, 4.69) is 10.6 Å². The van der Waals surface area contributed by atoms with Crippen LogP contribution in [-0.4, -0.2) is 18.4 Å². The average molecular weight is 311 g/mol. The van der Waals surface area contributed by atoms with Crippen LogP contribution in [0.15, 0.2) is 18.2 Å². The van der Waals surface area contributed by atoms with E-state index in [1.54, 1.807) is 12.1 Å². The molecule has 0 aliphatic rings. The van der Waals surface area contributed by atoms with E-state index in [4.69, 9.17) is 11.6 Å². The SMILES string of the molecule is Cc1c(Cl)cccc1NC(=O)CCCNC(=O)C(C)(C)C. The molecule has 0 fully saturated rings. The van der Waals surface area contributed by atoms with Gasteiger partial charge in [-0.3, -0.25) is 9.59 Å². The normalized spacial score (nSPS) is 11.1. The first-order chi connectivity index (χ1) is 9.71. The number of hydrogen-bond acceptors (Lipinski definition) is 2. The maximum atomic E-state index is 11.9. The van der Waals surface area contributed by atoms with Crippen LogP contribution in [0.2, 0.25) is 5.02 Å². The first kappa shape index (κ1) is 17.5. The van der Waals surface area contributed by atoms with E-state index in [1.807, 2.05) is 33.8 Å². The lowest BCUT2D eigenvalue weighted by Crippen LogP contribution is -2.35. The Morgan fingerprint density at radius 2 is 1.90 bits per heavy atom. The quantitative estimate of drug-likeness (QED) is 0.817. The molecular formula is C16H23ClN2O2. The molecule has 21 heavy (non-hydrogen) atoms. The fourth-order valence-electron chi connectivity index (χ4n) is 1.67. The third-order valence-corrected chi connectivity index (χ3v) is 3.50. The molecule has 0 atom stereocenters. The molecule has 1 aromatic rings. The fourth-order valence-corrected chi connectivity index (χ4v) is 1.85. The molecule has 4 nitrogen and oxygen atoms in total. The van der Waals surface area contributed by atoms with Gasteiger partial charge < -0.3 is 10.6 Å². The molecule has 0 saturated carbocycles. The molecule has 0 spiro atoms. The number of carbonyl (C=O) groups excluding carboxylic acids is 2. The van der Waals surface area contributed by atoms with Gasteiger partial charge in [-0.05, 0) is 31.0 Å². The number of halogens is 1. The second-order valence-electron chi connectivity index (χ2n) is 6.07. The first-order valence-electron chi connectivity index (χ1n) is 7.05. The number of benzene rings is 1. The Hall–Kier alpha value is -1.55. The Balaban J connectivity index is 2.35. The fraction of sp³-hybridized carbons (Fsp3) is 0.500. The molecule has 0 aliphatic heterocycles. The number of anilines is 1. The van der Waals surface area contributed by atoms with Crippen molar-refractivity contribution in [3.05, 3.63) is 28.8 Å². The monoisotopic (exact) mass is 310 g/mol. The van der Waals surface area contributed by atoms with Crippen molar-refractivity contribution < 1.29 is 9.59 Å². The summed E-state index contributed by atoms with van der Waals surface area (Å²) in [7, 11) is 0. The predicted octanol–water partition coefficient (Wildman–Crippen LogP) is 3.53. The zero-order chi connectivity index (χ0) is 16.0. The van der Waals surface area contributed by atoms with Crippen molar-refractivity contribution in [1.29, 1.82) is 0 Å². The number of carbonyl (C=O) groups is 2. The molecule has 2 N–H and O–H groups in total. The smallest absolute Gasteiger partial charge is 0.225 e. The highest BCUT2D eigenvalue weighted by Gasteiger charge is 2.20. The van der Waals surface area contributed by atoms with Crippen LogP contribution in [0.25, 0.3) is 0 Å². The van der Waals surface area contributed by atoms with Crippen molar-refractivity contribution >= 4 is 29.1 Å². The van der Waals surface area contributed by atoms with Gasteiger partial charge in [-0.25, -0.2) is 0 Å². The summed E-state index contributed by atoms with van der Waals surface area (Å²) in [6.07, 6.45) is 0.962. The summed E-state index contributed by atoms with van der Waals surface area (Å²) in [6, 6.07) is 5.41. The van der Waals surface area contributed by atoms with E-state index in [0.717, 1.165) is 11.3 Å². The van der Waals surface area contributed by atoms with Gasteiger partial charge in [0.1, 0.15) is 0 Å². The summed E-state index contributed by atoms with van der Waals surface area (Å²) in [6.45, 7) is 7.93. The lowest BCUT2D eigenvalue weighted by atomic mass is 9.96. The molecule has 0 aliphatic carbocycles. The zero-order valence-electron chi connectivity index (χ0n) is 13.0. The second-order valence-corrected chi connectivity index (χ2v) is 6.48. The van der Waals surface area contributed by atoms with E-state index >= 15 is 0 Å². The maximum absolute atomic E-state index is 11.9. The summed E-state index contributed by atoms with van der Waals surface area (Å²) in [5, 5.41) is 6.29. The van der Waals surface area contributed by atoms with E-state index in [-0.39, 0.29) is 11.8 Å². The Bertz CT molecular complexity index is 521. The molecule has 1 rings (SSSR count). The third kappa shape index (κ3) is 5.76. The average Bonchev–Trinajstić information content (AvgIpc) is 2.38. The van der Waals surface area contributed by atoms with Crippen LogP contribution >= 0.6 is 11.6 Å². The molecule has 0 saturated heterocycles. The number of rotatable bonds is 5. The Kier molecular flexibility index (Phi) is 6.21. The Labute approximate surface area is 131 Å². The van der Waals surface area contributed by atoms with Gasteiger partial charge in [0.15, 0.2) is 0 Å². The van der Waals surface area contributed by atoms with E-state index in [9.17, 15) is 9.59 Å². The van der Waals surface area contributed by atoms with Crippen LogP contribution in [0.3, 0.4) is 0 Å². The van der Waals surface area contributed by atoms with Crippen LogP contribution in [0.1, 0.15) is 39.2 Å². The Morgan fingerprint density at radius 1 is 1.24 bits per heavy atom. The van der Waals surface area contributed by atoms with Crippen molar-refractivity contribution in [2.45, 2.75) is 40.5 Å². The summed E-state index contributed by atoms with van der Waals surface area (Å²) in [5.41, 5.74) is 1.18. The van der Waals surface area contributed by atoms with Crippen LogP contribution in [0.4, 0.5) is 5.69 Å². The largest absolute Gasteiger partial charge is 0.356 e. The van der Waals surface area contributed by atoms with Crippen LogP contribution in [-0.2, 0) is 9.59 Å². The van der Waals surface area contributed by atoms with Gasteiger partial charge in [-0.2, -0.15) is 0 Å². The maximum Gasteiger partial charge on any atom is 0.225 e. The third-order valence-electron chi connectivity index (χ3n) is 3.09. The molecule has 2 amide bonds. The van der Waals surface area contributed by atoms with E-state index in [0.29, 0.717) is 24.4 Å². The van der Waals surface area contributed by atoms with E-state index < -0.39 is 5.41 Å². The van der Waals surface area contributed by atoms with Crippen molar-refractivity contribution in [3.8, 4) is 0 Å². The minimum Gasteiger partial charge on any atom is -0.356 e. The number of nitrogens with one attached hydrogen (secondary N) is 2. The first-order valence-corrected chi connectivity index (χ1v) is 7.43. The molecule has 116 valence electrons. The molecule has 0 bridgehead atoms. The lowest BCUT2D eigenvalue weighted by molar-refractivity contribution is -0.128. The van der Waals surface area contributed by atoms with Gasteiger partial charge in [0.2, 0.25) is 11.8 Å². The Morgan fingerprint density at radius 3 is 2.52 bits per heavy atom. The van der Waals surface area contributed by atoms with Gasteiger partial charge in [-0.1, -0.05) is 38.4 Å². The molecule has 0 aromatic heterocycles. The lowest BCUT2D eigenvalue weighted by Gasteiger charge is -2.17. The molecular weight excluding hydrogens is 288 g/mol. The highest BCUT2D eigenvalue weighted by atomic mass is 35.5. The zero-order valence-corrected chi connectivity index (χ0v) is 13.8. The molecule has 0 radical (unpaired) electrons. The summed E-state index contributed by atoms with van der Waals surface area (Å²) < 4.78 is 0. The second kappa shape index (κ2) is 7.46. The molecule has 0 unspecified atom stereocenters. The molecule has 0 heterocycles. The molecule has 1 aromatic carbocycles. The van der Waals surface area contributed by atoms with Gasteiger partial charge in [-0.15, -0.1) is 0 Å². The van der Waals surface area contributed by atoms with Crippen LogP contribution < -0.4 is 10.6 Å². The number of hydrogen-bond donors (Lipinski definition) is 2. The van der Waals surface area contributed by atoms with Gasteiger partial charge in [0.25, 0.3) is 0 Å². The topological polar surface area (TPSA) is 58.2 Å². The predicted molar refractivity (Wildman–Crippen MR) is 86.5 cm³/mol. The summed E-state index contributed by atoms with van der Waals surface area (Å²) in [5.74, 6) is -0.0843. The van der Waals surface area contributed by atoms with Gasteiger partial charge in [0.05, 0.1) is 0 Å². The van der Waals surface area contributed by atoms with E-state index in [1.165, 1.54) is 0 Å². The van der Waals surface area contributed by atoms with Crippen molar-refractivity contribution in [2.75, 3.05) is 11.9 Å². The summed E-state index contributed by atoms with van der Waals surface area (Å²) in [4.78, 5) is 23.5. The van der Waals surface area contributed by atoms with Crippen LogP contribution in [0, 0.1) is 12.3 Å². The summed E-state index contributed by atoms with van der Waals surface area (Å²) >= 11 is 6.00. The highest BCUT2D eigenvalue weighted by Crippen LogP contribution is 2.23. The van der Waals surface area contributed by atoms with Crippen LogP contribution in [0.5, 0.6) is 0 Å². The highest BCUT2D eigenvalue weighted by molar-refractivity contribution is 6.31. The minimum atomic E-state index is -0.403. The van der Waals surface area contributed by atoms with Crippen molar-refractivity contribution in [3.63, 3.8) is 0 Å². The van der Waals surface area contributed by atoms with Crippen molar-refractivity contribution in [1.82, 2.24) is 5.32 Å². The minimum absolute atomic E-state index is 0.00593. The van der Waals surface area contributed by atoms with Gasteiger partial charge in [0, 0.05) is 29.1 Å². The standard InChI is InChI=1S/C16H23ClN2O2/c1-11-12(17)7-5-8-13(11)19-14(20)9-6-10-18-15(21)16(2,3)4/h5,7-8H,6,9-10H2,1-4H3,(H,18,21)(H,19,20). The number of amides is 2. The molecule has 5 heteroatoms. The van der Waals surface area contributed by atoms with Crippen molar-refractivity contribution in [2.24, 2.45) is 5.41 Å².